The third-order valence-electron chi connectivity index (χ3n) is 4.51. The van der Waals surface area contributed by atoms with E-state index in [4.69, 9.17) is 4.74 Å². The normalized spacial score (nSPS) is 10.4. The van der Waals surface area contributed by atoms with E-state index in [0.29, 0.717) is 42.9 Å². The topological polar surface area (TPSA) is 63.2 Å². The number of anilines is 1. The standard InChI is InChI=1S/C23H24FN3O2/c1-29-20-7-4-5-17(15-20)9-12-27-23(28)19-11-14-26-22(16-19)25-13-10-18-6-2-3-8-21(18)24/h2-8,11,14-16H,9-10,12-13H2,1H3,(H,25,26)(H,27,28). The molecule has 0 unspecified atom stereocenters. The Morgan fingerprint density at radius 3 is 2.72 bits per heavy atom. The van der Waals surface area contributed by atoms with E-state index >= 15 is 0 Å². The van der Waals surface area contributed by atoms with Gasteiger partial charge in [0, 0.05) is 24.8 Å². The fourth-order valence-corrected chi connectivity index (χ4v) is 2.95. The maximum atomic E-state index is 13.7. The SMILES string of the molecule is COc1cccc(CCNC(=O)c2ccnc(NCCc3ccccc3F)c2)c1. The van der Waals surface area contributed by atoms with Crippen LogP contribution in [0.15, 0.2) is 66.9 Å². The number of nitrogens with zero attached hydrogens (tertiary/aromatic N) is 1. The first-order chi connectivity index (χ1) is 14.2. The van der Waals surface area contributed by atoms with Crippen molar-refractivity contribution in [2.75, 3.05) is 25.5 Å². The molecule has 0 saturated carbocycles. The van der Waals surface area contributed by atoms with Gasteiger partial charge >= 0.3 is 0 Å². The molecule has 3 aromatic rings. The van der Waals surface area contributed by atoms with Gasteiger partial charge in [0.15, 0.2) is 0 Å². The Morgan fingerprint density at radius 1 is 1.03 bits per heavy atom. The van der Waals surface area contributed by atoms with Crippen molar-refractivity contribution in [1.82, 2.24) is 10.3 Å². The number of aromatic nitrogens is 1. The largest absolute Gasteiger partial charge is 0.497 e. The van der Waals surface area contributed by atoms with E-state index in [1.807, 2.05) is 30.3 Å². The number of pyridine rings is 1. The third kappa shape index (κ3) is 6.04. The minimum Gasteiger partial charge on any atom is -0.497 e. The number of amides is 1. The summed E-state index contributed by atoms with van der Waals surface area (Å²) in [5, 5.41) is 6.06. The van der Waals surface area contributed by atoms with Gasteiger partial charge < -0.3 is 15.4 Å². The fraction of sp³-hybridized carbons (Fsp3) is 0.217. The molecule has 0 bridgehead atoms. The summed E-state index contributed by atoms with van der Waals surface area (Å²) in [5.41, 5.74) is 2.26. The number of methoxy groups -OCH3 is 1. The van der Waals surface area contributed by atoms with Gasteiger partial charge in [-0.05, 0) is 54.3 Å². The van der Waals surface area contributed by atoms with Gasteiger partial charge in [-0.15, -0.1) is 0 Å². The molecule has 1 amide bonds. The number of hydrogen-bond acceptors (Lipinski definition) is 4. The number of halogens is 1. The number of carbonyl (C=O) groups excluding carboxylic acids is 1. The first-order valence-electron chi connectivity index (χ1n) is 9.50. The maximum absolute atomic E-state index is 13.7. The summed E-state index contributed by atoms with van der Waals surface area (Å²) in [4.78, 5) is 16.6. The Hall–Kier alpha value is -3.41. The lowest BCUT2D eigenvalue weighted by Gasteiger charge is -2.09. The molecule has 2 N–H and O–H groups in total. The smallest absolute Gasteiger partial charge is 0.251 e. The number of rotatable bonds is 9. The van der Waals surface area contributed by atoms with Crippen LogP contribution in [0.5, 0.6) is 5.75 Å². The average Bonchev–Trinajstić information content (AvgIpc) is 2.75. The van der Waals surface area contributed by atoms with Crippen LogP contribution in [-0.4, -0.2) is 31.1 Å². The lowest BCUT2D eigenvalue weighted by Crippen LogP contribution is -2.25. The molecular weight excluding hydrogens is 369 g/mol. The Balaban J connectivity index is 1.49. The second kappa shape index (κ2) is 10.2. The third-order valence-corrected chi connectivity index (χ3v) is 4.51. The van der Waals surface area contributed by atoms with Crippen LogP contribution >= 0.6 is 0 Å². The van der Waals surface area contributed by atoms with Crippen molar-refractivity contribution in [2.24, 2.45) is 0 Å². The van der Waals surface area contributed by atoms with Crippen molar-refractivity contribution in [1.29, 1.82) is 0 Å². The number of carbonyl (C=O) groups is 1. The summed E-state index contributed by atoms with van der Waals surface area (Å²) >= 11 is 0. The first-order valence-corrected chi connectivity index (χ1v) is 9.50. The van der Waals surface area contributed by atoms with Crippen molar-refractivity contribution < 1.29 is 13.9 Å². The van der Waals surface area contributed by atoms with Crippen LogP contribution in [0.1, 0.15) is 21.5 Å². The number of benzene rings is 2. The summed E-state index contributed by atoms with van der Waals surface area (Å²) in [6, 6.07) is 17.8. The van der Waals surface area contributed by atoms with Gasteiger partial charge in [0.25, 0.3) is 5.91 Å². The molecule has 0 saturated heterocycles. The summed E-state index contributed by atoms with van der Waals surface area (Å²) in [6.07, 6.45) is 2.83. The van der Waals surface area contributed by atoms with Crippen molar-refractivity contribution in [3.8, 4) is 5.75 Å². The molecule has 2 aromatic carbocycles. The molecule has 150 valence electrons. The second-order valence-corrected chi connectivity index (χ2v) is 6.56. The van der Waals surface area contributed by atoms with Crippen LogP contribution in [0.2, 0.25) is 0 Å². The zero-order valence-corrected chi connectivity index (χ0v) is 16.3. The molecule has 0 spiro atoms. The van der Waals surface area contributed by atoms with E-state index in [-0.39, 0.29) is 11.7 Å². The quantitative estimate of drug-likeness (QED) is 0.580. The van der Waals surface area contributed by atoms with Gasteiger partial charge in [-0.2, -0.15) is 0 Å². The van der Waals surface area contributed by atoms with E-state index in [1.54, 1.807) is 37.6 Å². The zero-order valence-electron chi connectivity index (χ0n) is 16.3. The van der Waals surface area contributed by atoms with E-state index < -0.39 is 0 Å². The molecule has 1 aromatic heterocycles. The minimum absolute atomic E-state index is 0.160. The molecule has 0 radical (unpaired) electrons. The molecule has 0 fully saturated rings. The predicted molar refractivity (Wildman–Crippen MR) is 112 cm³/mol. The van der Waals surface area contributed by atoms with E-state index in [1.165, 1.54) is 6.07 Å². The van der Waals surface area contributed by atoms with Crippen molar-refractivity contribution in [3.05, 3.63) is 89.4 Å². The highest BCUT2D eigenvalue weighted by molar-refractivity contribution is 5.94. The molecule has 0 aliphatic rings. The minimum atomic E-state index is -0.216. The Kier molecular flexibility index (Phi) is 7.16. The maximum Gasteiger partial charge on any atom is 0.251 e. The molecular formula is C23H24FN3O2. The summed E-state index contributed by atoms with van der Waals surface area (Å²) in [5.74, 6) is 1.01. The number of nitrogens with one attached hydrogen (secondary N) is 2. The second-order valence-electron chi connectivity index (χ2n) is 6.56. The predicted octanol–water partition coefficient (Wildman–Crippen LogP) is 3.86. The highest BCUT2D eigenvalue weighted by Crippen LogP contribution is 2.13. The van der Waals surface area contributed by atoms with Gasteiger partial charge in [-0.1, -0.05) is 30.3 Å². The Morgan fingerprint density at radius 2 is 1.90 bits per heavy atom. The lowest BCUT2D eigenvalue weighted by atomic mass is 10.1. The fourth-order valence-electron chi connectivity index (χ4n) is 2.95. The van der Waals surface area contributed by atoms with Gasteiger partial charge in [0.1, 0.15) is 17.4 Å². The van der Waals surface area contributed by atoms with E-state index in [9.17, 15) is 9.18 Å². The highest BCUT2D eigenvalue weighted by atomic mass is 19.1. The van der Waals surface area contributed by atoms with Crippen LogP contribution in [0.4, 0.5) is 10.2 Å². The highest BCUT2D eigenvalue weighted by Gasteiger charge is 2.07. The Bertz CT molecular complexity index is 962. The van der Waals surface area contributed by atoms with Crippen molar-refractivity contribution >= 4 is 11.7 Å². The molecule has 0 aliphatic carbocycles. The van der Waals surface area contributed by atoms with Crippen LogP contribution in [0, 0.1) is 5.82 Å². The van der Waals surface area contributed by atoms with Crippen LogP contribution in [-0.2, 0) is 12.8 Å². The van der Waals surface area contributed by atoms with Gasteiger partial charge in [-0.3, -0.25) is 4.79 Å². The van der Waals surface area contributed by atoms with E-state index in [2.05, 4.69) is 15.6 Å². The number of ether oxygens (including phenoxy) is 1. The molecule has 3 rings (SSSR count). The van der Waals surface area contributed by atoms with Crippen LogP contribution in [0.25, 0.3) is 0 Å². The van der Waals surface area contributed by atoms with Crippen LogP contribution < -0.4 is 15.4 Å². The monoisotopic (exact) mass is 393 g/mol. The average molecular weight is 393 g/mol. The molecule has 1 heterocycles. The molecule has 5 nitrogen and oxygen atoms in total. The molecule has 29 heavy (non-hydrogen) atoms. The van der Waals surface area contributed by atoms with Crippen LogP contribution in [0.3, 0.4) is 0 Å². The summed E-state index contributed by atoms with van der Waals surface area (Å²) in [7, 11) is 1.63. The van der Waals surface area contributed by atoms with Crippen molar-refractivity contribution in [2.45, 2.75) is 12.8 Å². The zero-order chi connectivity index (χ0) is 20.5. The summed E-state index contributed by atoms with van der Waals surface area (Å²) < 4.78 is 18.9. The molecule has 0 atom stereocenters. The molecule has 6 heteroatoms. The van der Waals surface area contributed by atoms with Gasteiger partial charge in [0.05, 0.1) is 7.11 Å². The lowest BCUT2D eigenvalue weighted by molar-refractivity contribution is 0.0954. The van der Waals surface area contributed by atoms with Gasteiger partial charge in [0.2, 0.25) is 0 Å². The number of hydrogen-bond donors (Lipinski definition) is 2. The summed E-state index contributed by atoms with van der Waals surface area (Å²) in [6.45, 7) is 1.04. The Labute approximate surface area is 169 Å². The molecule has 0 aliphatic heterocycles. The van der Waals surface area contributed by atoms with Crippen molar-refractivity contribution in [3.63, 3.8) is 0 Å². The van der Waals surface area contributed by atoms with Gasteiger partial charge in [-0.25, -0.2) is 9.37 Å². The van der Waals surface area contributed by atoms with E-state index in [0.717, 1.165) is 11.3 Å². The first kappa shape index (κ1) is 20.3.